The molecule has 0 aliphatic carbocycles. The van der Waals surface area contributed by atoms with E-state index >= 15 is 0 Å². The van der Waals surface area contributed by atoms with Gasteiger partial charge in [-0.2, -0.15) is 0 Å². The van der Waals surface area contributed by atoms with Crippen LogP contribution in [0.1, 0.15) is 12.5 Å². The Bertz CT molecular complexity index is 627. The summed E-state index contributed by atoms with van der Waals surface area (Å²) in [5.74, 6) is 5.35. The molecule has 25 heavy (non-hydrogen) atoms. The van der Waals surface area contributed by atoms with Crippen molar-refractivity contribution in [2.45, 2.75) is 37.3 Å². The first kappa shape index (κ1) is 19.4. The lowest BCUT2D eigenvalue weighted by atomic mass is 9.87. The van der Waals surface area contributed by atoms with Crippen molar-refractivity contribution in [1.29, 1.82) is 0 Å². The summed E-state index contributed by atoms with van der Waals surface area (Å²) < 4.78 is 0. The van der Waals surface area contributed by atoms with E-state index in [0.717, 1.165) is 5.56 Å². The molecular formula is C18H24N2O5. The van der Waals surface area contributed by atoms with Gasteiger partial charge in [0, 0.05) is 12.1 Å². The number of likely N-dealkylation sites (tertiary alicyclic amines) is 1. The first-order chi connectivity index (χ1) is 12.0. The van der Waals surface area contributed by atoms with Gasteiger partial charge in [0.15, 0.2) is 0 Å². The lowest BCUT2D eigenvalue weighted by Gasteiger charge is -2.47. The average Bonchev–Trinajstić information content (AvgIpc) is 2.61. The Morgan fingerprint density at radius 3 is 2.44 bits per heavy atom. The third-order valence-electron chi connectivity index (χ3n) is 4.28. The Balaban J connectivity index is 2.26. The maximum atomic E-state index is 12.3. The zero-order valence-corrected chi connectivity index (χ0v) is 14.0. The van der Waals surface area contributed by atoms with Crippen LogP contribution >= 0.6 is 0 Å². The number of aliphatic hydroxyl groups is 4. The van der Waals surface area contributed by atoms with Crippen LogP contribution in [-0.4, -0.2) is 81.3 Å². The second-order valence-electron chi connectivity index (χ2n) is 5.90. The monoisotopic (exact) mass is 348 g/mol. The molecular weight excluding hydrogens is 324 g/mol. The highest BCUT2D eigenvalue weighted by Crippen LogP contribution is 2.24. The average molecular weight is 348 g/mol. The molecule has 1 heterocycles. The molecule has 1 fully saturated rings. The van der Waals surface area contributed by atoms with E-state index in [2.05, 4.69) is 17.2 Å². The summed E-state index contributed by atoms with van der Waals surface area (Å²) in [7, 11) is 0. The van der Waals surface area contributed by atoms with E-state index < -0.39 is 42.9 Å². The predicted molar refractivity (Wildman–Crippen MR) is 91.4 cm³/mol. The van der Waals surface area contributed by atoms with E-state index in [9.17, 15) is 25.2 Å². The molecule has 1 aromatic carbocycles. The van der Waals surface area contributed by atoms with Crippen molar-refractivity contribution in [3.8, 4) is 11.8 Å². The quantitative estimate of drug-likeness (QED) is 0.415. The van der Waals surface area contributed by atoms with Gasteiger partial charge in [0.05, 0.1) is 19.2 Å². The van der Waals surface area contributed by atoms with Crippen molar-refractivity contribution in [3.63, 3.8) is 0 Å². The van der Waals surface area contributed by atoms with E-state index in [0.29, 0.717) is 6.54 Å². The summed E-state index contributed by atoms with van der Waals surface area (Å²) in [5, 5.41) is 42.6. The fourth-order valence-corrected chi connectivity index (χ4v) is 2.98. The maximum Gasteiger partial charge on any atom is 0.240 e. The van der Waals surface area contributed by atoms with Gasteiger partial charge >= 0.3 is 0 Å². The number of amides is 1. The molecule has 7 heteroatoms. The van der Waals surface area contributed by atoms with E-state index in [1.54, 1.807) is 6.92 Å². The molecule has 1 amide bonds. The zero-order chi connectivity index (χ0) is 18.4. The van der Waals surface area contributed by atoms with E-state index in [1.807, 2.05) is 30.3 Å². The number of benzene rings is 1. The Kier molecular flexibility index (Phi) is 6.93. The van der Waals surface area contributed by atoms with Gasteiger partial charge in [-0.15, -0.1) is 0 Å². The van der Waals surface area contributed by atoms with Crippen molar-refractivity contribution in [1.82, 2.24) is 10.2 Å². The minimum Gasteiger partial charge on any atom is -0.395 e. The molecule has 7 nitrogen and oxygen atoms in total. The number of rotatable bonds is 4. The molecule has 0 spiro atoms. The molecule has 5 N–H and O–H groups in total. The highest BCUT2D eigenvalue weighted by molar-refractivity contribution is 5.82. The highest BCUT2D eigenvalue weighted by atomic mass is 16.4. The molecule has 2 rings (SSSR count). The summed E-state index contributed by atoms with van der Waals surface area (Å²) in [6, 6.07) is 7.22. The smallest absolute Gasteiger partial charge is 0.240 e. The number of carbonyl (C=O) groups is 1. The molecule has 1 aromatic rings. The Morgan fingerprint density at radius 2 is 1.84 bits per heavy atom. The van der Waals surface area contributed by atoms with Gasteiger partial charge in [0.25, 0.3) is 0 Å². The van der Waals surface area contributed by atoms with E-state index in [4.69, 9.17) is 0 Å². The number of nitrogens with one attached hydrogen (secondary N) is 1. The van der Waals surface area contributed by atoms with Crippen LogP contribution in [0.2, 0.25) is 0 Å². The van der Waals surface area contributed by atoms with Crippen LogP contribution in [0.25, 0.3) is 0 Å². The number of hydrogen-bond acceptors (Lipinski definition) is 6. The van der Waals surface area contributed by atoms with Crippen molar-refractivity contribution in [3.05, 3.63) is 35.9 Å². The number of hydrogen-bond donors (Lipinski definition) is 5. The fraction of sp³-hybridized carbons (Fsp3) is 0.500. The van der Waals surface area contributed by atoms with Gasteiger partial charge in [-0.1, -0.05) is 30.0 Å². The maximum absolute atomic E-state index is 12.3. The van der Waals surface area contributed by atoms with Gasteiger partial charge in [-0.3, -0.25) is 9.69 Å². The van der Waals surface area contributed by atoms with Crippen LogP contribution in [0, 0.1) is 11.8 Å². The lowest BCUT2D eigenvalue weighted by molar-refractivity contribution is -0.176. The SMILES string of the molecule is CCNC(=O)[C@@H]1[C@@H](O)[C@@H](O)[C@H](O)[C@@H](CO)N1CC#Cc1ccccc1. The normalized spacial score (nSPS) is 29.6. The minimum absolute atomic E-state index is 0.0444. The van der Waals surface area contributed by atoms with Gasteiger partial charge < -0.3 is 25.7 Å². The lowest BCUT2D eigenvalue weighted by Crippen LogP contribution is -2.70. The molecule has 0 aromatic heterocycles. The van der Waals surface area contributed by atoms with E-state index in [1.165, 1.54) is 4.90 Å². The van der Waals surface area contributed by atoms with Crippen molar-refractivity contribution in [2.24, 2.45) is 0 Å². The summed E-state index contributed by atoms with van der Waals surface area (Å²) in [4.78, 5) is 13.8. The Hall–Kier alpha value is -1.95. The molecule has 1 saturated heterocycles. The Labute approximate surface area is 146 Å². The number of aliphatic hydroxyl groups excluding tert-OH is 4. The van der Waals surface area contributed by atoms with Crippen molar-refractivity contribution < 1.29 is 25.2 Å². The number of piperidine rings is 1. The fourth-order valence-electron chi connectivity index (χ4n) is 2.98. The topological polar surface area (TPSA) is 113 Å². The second kappa shape index (κ2) is 8.94. The molecule has 1 aliphatic heterocycles. The first-order valence-corrected chi connectivity index (χ1v) is 8.23. The summed E-state index contributed by atoms with van der Waals surface area (Å²) in [5.41, 5.74) is 0.788. The number of likely N-dealkylation sites (N-methyl/N-ethyl adjacent to an activating group) is 1. The van der Waals surface area contributed by atoms with Crippen molar-refractivity contribution >= 4 is 5.91 Å². The van der Waals surface area contributed by atoms with Crippen LogP contribution in [0.3, 0.4) is 0 Å². The predicted octanol–water partition coefficient (Wildman–Crippen LogP) is -1.70. The summed E-state index contributed by atoms with van der Waals surface area (Å²) in [6.07, 6.45) is -4.39. The highest BCUT2D eigenvalue weighted by Gasteiger charge is 2.49. The van der Waals surface area contributed by atoms with Gasteiger partial charge in [0.1, 0.15) is 24.4 Å². The van der Waals surface area contributed by atoms with Crippen LogP contribution in [-0.2, 0) is 4.79 Å². The van der Waals surface area contributed by atoms with Gasteiger partial charge in [-0.05, 0) is 19.1 Å². The Morgan fingerprint density at radius 1 is 1.16 bits per heavy atom. The van der Waals surface area contributed by atoms with Gasteiger partial charge in [-0.25, -0.2) is 0 Å². The van der Waals surface area contributed by atoms with Crippen LogP contribution in [0.15, 0.2) is 30.3 Å². The first-order valence-electron chi connectivity index (χ1n) is 8.23. The van der Waals surface area contributed by atoms with Crippen LogP contribution < -0.4 is 5.32 Å². The molecule has 0 unspecified atom stereocenters. The molecule has 0 saturated carbocycles. The van der Waals surface area contributed by atoms with Crippen LogP contribution in [0.5, 0.6) is 0 Å². The largest absolute Gasteiger partial charge is 0.395 e. The molecule has 1 aliphatic rings. The van der Waals surface area contributed by atoms with E-state index in [-0.39, 0.29) is 6.54 Å². The van der Waals surface area contributed by atoms with Crippen molar-refractivity contribution in [2.75, 3.05) is 19.7 Å². The summed E-state index contributed by atoms with van der Waals surface area (Å²) in [6.45, 7) is 1.66. The number of nitrogens with zero attached hydrogens (tertiary/aromatic N) is 1. The van der Waals surface area contributed by atoms with Gasteiger partial charge in [0.2, 0.25) is 5.91 Å². The molecule has 136 valence electrons. The second-order valence-corrected chi connectivity index (χ2v) is 5.90. The third kappa shape index (κ3) is 4.37. The minimum atomic E-state index is -1.52. The van der Waals surface area contributed by atoms with Crippen LogP contribution in [0.4, 0.5) is 0 Å². The zero-order valence-electron chi connectivity index (χ0n) is 14.0. The molecule has 0 radical (unpaired) electrons. The molecule has 0 bridgehead atoms. The number of carbonyl (C=O) groups excluding carboxylic acids is 1. The standard InChI is InChI=1S/C18H24N2O5/c1-2-19-18(25)14-16(23)17(24)15(22)13(11-21)20(14)10-6-9-12-7-4-3-5-8-12/h3-5,7-8,13-17,21-24H,2,10-11H2,1H3,(H,19,25)/t13-,14+,15-,16-,17+/m1/s1. The molecule has 5 atom stereocenters. The third-order valence-corrected chi connectivity index (χ3v) is 4.28. The summed E-state index contributed by atoms with van der Waals surface area (Å²) >= 11 is 0.